The monoisotopic (exact) mass is 444 g/mol. The summed E-state index contributed by atoms with van der Waals surface area (Å²) in [7, 11) is 0. The second kappa shape index (κ2) is 9.37. The van der Waals surface area contributed by atoms with E-state index >= 15 is 0 Å². The normalized spacial score (nSPS) is 12.2. The molecule has 0 aliphatic carbocycles. The molecular formula is C23H29BrN2O2. The molecule has 28 heavy (non-hydrogen) atoms. The van der Waals surface area contributed by atoms with Crippen molar-refractivity contribution in [2.75, 3.05) is 6.61 Å². The molecule has 0 radical (unpaired) electrons. The number of nitrogens with zero attached hydrogens (tertiary/aromatic N) is 1. The highest BCUT2D eigenvalue weighted by molar-refractivity contribution is 9.10. The predicted octanol–water partition coefficient (Wildman–Crippen LogP) is 5.69. The number of nitrogens with one attached hydrogen (secondary N) is 1. The summed E-state index contributed by atoms with van der Waals surface area (Å²) in [6, 6.07) is 15.6. The molecule has 2 rings (SSSR count). The largest absolute Gasteiger partial charge is 0.484 e. The van der Waals surface area contributed by atoms with Crippen LogP contribution in [0.25, 0.3) is 0 Å². The minimum Gasteiger partial charge on any atom is -0.484 e. The van der Waals surface area contributed by atoms with Gasteiger partial charge in [0, 0.05) is 4.47 Å². The van der Waals surface area contributed by atoms with Crippen LogP contribution < -0.4 is 10.2 Å². The van der Waals surface area contributed by atoms with E-state index in [-0.39, 0.29) is 23.3 Å². The van der Waals surface area contributed by atoms with Gasteiger partial charge in [-0.15, -0.1) is 0 Å². The number of benzene rings is 2. The molecule has 0 unspecified atom stereocenters. The maximum Gasteiger partial charge on any atom is 0.277 e. The van der Waals surface area contributed by atoms with E-state index in [0.29, 0.717) is 5.75 Å². The van der Waals surface area contributed by atoms with Gasteiger partial charge in [-0.05, 0) is 52.6 Å². The lowest BCUT2D eigenvalue weighted by molar-refractivity contribution is -0.123. The van der Waals surface area contributed by atoms with Gasteiger partial charge >= 0.3 is 0 Å². The molecule has 150 valence electrons. The Hall–Kier alpha value is -2.14. The Morgan fingerprint density at radius 2 is 1.64 bits per heavy atom. The van der Waals surface area contributed by atoms with E-state index in [4.69, 9.17) is 4.74 Å². The standard InChI is InChI=1S/C23H29BrN2O2/c1-22(2,3)16-23(4,5)18-8-12-20(13-9-18)28-15-21(27)26-25-14-17-6-10-19(24)11-7-17/h6-14H,15-16H2,1-5H3,(H,26,27)/b25-14+. The molecule has 0 saturated carbocycles. The molecule has 0 heterocycles. The van der Waals surface area contributed by atoms with Gasteiger partial charge in [0.2, 0.25) is 0 Å². The second-order valence-corrected chi connectivity index (χ2v) is 9.69. The molecule has 1 amide bonds. The molecule has 0 aliphatic heterocycles. The van der Waals surface area contributed by atoms with Crippen molar-refractivity contribution in [2.24, 2.45) is 10.5 Å². The smallest absolute Gasteiger partial charge is 0.277 e. The quantitative estimate of drug-likeness (QED) is 0.440. The number of carbonyl (C=O) groups is 1. The van der Waals surface area contributed by atoms with Crippen LogP contribution in [0.1, 0.15) is 52.2 Å². The van der Waals surface area contributed by atoms with Crippen LogP contribution in [0, 0.1) is 5.41 Å². The molecule has 0 spiro atoms. The molecule has 0 fully saturated rings. The first-order valence-corrected chi connectivity index (χ1v) is 10.2. The summed E-state index contributed by atoms with van der Waals surface area (Å²) in [6.07, 6.45) is 2.68. The third-order valence-electron chi connectivity index (χ3n) is 4.25. The molecule has 4 nitrogen and oxygen atoms in total. The number of hydrogen-bond acceptors (Lipinski definition) is 3. The summed E-state index contributed by atoms with van der Waals surface area (Å²) in [4.78, 5) is 11.9. The van der Waals surface area contributed by atoms with Crippen LogP contribution in [0.4, 0.5) is 0 Å². The van der Waals surface area contributed by atoms with Gasteiger partial charge in [0.1, 0.15) is 5.75 Å². The summed E-state index contributed by atoms with van der Waals surface area (Å²) in [5, 5.41) is 3.94. The zero-order valence-corrected chi connectivity index (χ0v) is 18.8. The number of ether oxygens (including phenoxy) is 1. The highest BCUT2D eigenvalue weighted by Gasteiger charge is 2.27. The van der Waals surface area contributed by atoms with E-state index < -0.39 is 0 Å². The first-order chi connectivity index (χ1) is 13.0. The highest BCUT2D eigenvalue weighted by Crippen LogP contribution is 2.36. The molecular weight excluding hydrogens is 416 g/mol. The molecule has 1 N–H and O–H groups in total. The molecule has 0 aliphatic rings. The second-order valence-electron chi connectivity index (χ2n) is 8.78. The third-order valence-corrected chi connectivity index (χ3v) is 4.78. The molecule has 0 bridgehead atoms. The van der Waals surface area contributed by atoms with Crippen LogP contribution in [-0.2, 0) is 10.2 Å². The van der Waals surface area contributed by atoms with Crippen molar-refractivity contribution in [3.63, 3.8) is 0 Å². The van der Waals surface area contributed by atoms with Gasteiger partial charge in [0.25, 0.3) is 5.91 Å². The van der Waals surface area contributed by atoms with Gasteiger partial charge in [-0.1, -0.05) is 74.8 Å². The number of hydrazone groups is 1. The zero-order valence-electron chi connectivity index (χ0n) is 17.3. The Labute approximate surface area is 176 Å². The van der Waals surface area contributed by atoms with Gasteiger partial charge in [0.05, 0.1) is 6.21 Å². The SMILES string of the molecule is CC(C)(C)CC(C)(C)c1ccc(OCC(=O)N/N=C/c2ccc(Br)cc2)cc1. The van der Waals surface area contributed by atoms with Crippen molar-refractivity contribution in [1.29, 1.82) is 0 Å². The summed E-state index contributed by atoms with van der Waals surface area (Å²) in [5.74, 6) is 0.368. The molecule has 2 aromatic carbocycles. The average Bonchev–Trinajstić information content (AvgIpc) is 2.60. The lowest BCUT2D eigenvalue weighted by Crippen LogP contribution is -2.25. The van der Waals surface area contributed by atoms with Crippen molar-refractivity contribution in [3.05, 3.63) is 64.1 Å². The van der Waals surface area contributed by atoms with Gasteiger partial charge in [-0.3, -0.25) is 4.79 Å². The lowest BCUT2D eigenvalue weighted by atomic mass is 9.72. The lowest BCUT2D eigenvalue weighted by Gasteiger charge is -2.33. The molecule has 2 aromatic rings. The Morgan fingerprint density at radius 3 is 2.21 bits per heavy atom. The van der Waals surface area contributed by atoms with Crippen molar-refractivity contribution >= 4 is 28.1 Å². The minimum atomic E-state index is -0.300. The number of amides is 1. The Kier molecular flexibility index (Phi) is 7.41. The summed E-state index contributed by atoms with van der Waals surface area (Å²) < 4.78 is 6.56. The van der Waals surface area contributed by atoms with E-state index in [9.17, 15) is 4.79 Å². The number of halogens is 1. The van der Waals surface area contributed by atoms with Gasteiger partial charge in [-0.25, -0.2) is 5.43 Å². The predicted molar refractivity (Wildman–Crippen MR) is 119 cm³/mol. The Bertz CT molecular complexity index is 804. The maximum atomic E-state index is 11.9. The van der Waals surface area contributed by atoms with E-state index in [0.717, 1.165) is 16.5 Å². The van der Waals surface area contributed by atoms with Crippen LogP contribution in [0.5, 0.6) is 5.75 Å². The van der Waals surface area contributed by atoms with Gasteiger partial charge < -0.3 is 4.74 Å². The van der Waals surface area contributed by atoms with Crippen molar-refractivity contribution in [3.8, 4) is 5.75 Å². The Balaban J connectivity index is 1.84. The van der Waals surface area contributed by atoms with Gasteiger partial charge in [0.15, 0.2) is 6.61 Å². The number of carbonyl (C=O) groups excluding carboxylic acids is 1. The fraction of sp³-hybridized carbons (Fsp3) is 0.391. The average molecular weight is 445 g/mol. The minimum absolute atomic E-state index is 0.0793. The van der Waals surface area contributed by atoms with E-state index in [1.54, 1.807) is 6.21 Å². The van der Waals surface area contributed by atoms with Crippen LogP contribution >= 0.6 is 15.9 Å². The highest BCUT2D eigenvalue weighted by atomic mass is 79.9. The zero-order chi connectivity index (χ0) is 20.8. The summed E-state index contributed by atoms with van der Waals surface area (Å²) >= 11 is 3.38. The Morgan fingerprint density at radius 1 is 1.04 bits per heavy atom. The first-order valence-electron chi connectivity index (χ1n) is 9.36. The number of rotatable bonds is 7. The van der Waals surface area contributed by atoms with Gasteiger partial charge in [-0.2, -0.15) is 5.10 Å². The van der Waals surface area contributed by atoms with Crippen LogP contribution in [0.2, 0.25) is 0 Å². The molecule has 0 aromatic heterocycles. The van der Waals surface area contributed by atoms with Crippen molar-refractivity contribution in [1.82, 2.24) is 5.43 Å². The maximum absolute atomic E-state index is 11.9. The van der Waals surface area contributed by atoms with Crippen LogP contribution in [-0.4, -0.2) is 18.7 Å². The van der Waals surface area contributed by atoms with Crippen LogP contribution in [0.3, 0.4) is 0 Å². The molecule has 5 heteroatoms. The fourth-order valence-electron chi connectivity index (χ4n) is 3.34. The molecule has 0 atom stereocenters. The number of hydrogen-bond donors (Lipinski definition) is 1. The summed E-state index contributed by atoms with van der Waals surface area (Å²) in [6.45, 7) is 11.2. The van der Waals surface area contributed by atoms with E-state index in [2.05, 4.69) is 73.2 Å². The fourth-order valence-corrected chi connectivity index (χ4v) is 3.60. The van der Waals surface area contributed by atoms with Crippen molar-refractivity contribution in [2.45, 2.75) is 46.5 Å². The topological polar surface area (TPSA) is 50.7 Å². The molecule has 0 saturated heterocycles. The van der Waals surface area contributed by atoms with E-state index in [1.165, 1.54) is 5.56 Å². The third kappa shape index (κ3) is 7.47. The van der Waals surface area contributed by atoms with E-state index in [1.807, 2.05) is 36.4 Å². The van der Waals surface area contributed by atoms with Crippen LogP contribution in [0.15, 0.2) is 58.1 Å². The van der Waals surface area contributed by atoms with Crippen molar-refractivity contribution < 1.29 is 9.53 Å². The summed E-state index contributed by atoms with van der Waals surface area (Å²) in [5.41, 5.74) is 4.97. The first kappa shape index (κ1) is 22.2.